The molecule has 3 aliphatic carbocycles. The molecular formula is C36H52. The van der Waals surface area contributed by atoms with Gasteiger partial charge in [0.15, 0.2) is 0 Å². The molecule has 0 radical (unpaired) electrons. The van der Waals surface area contributed by atoms with Crippen LogP contribution in [-0.4, -0.2) is 0 Å². The van der Waals surface area contributed by atoms with E-state index < -0.39 is 0 Å². The van der Waals surface area contributed by atoms with Crippen LogP contribution in [-0.2, 0) is 12.8 Å². The fraction of sp³-hybridized carbons (Fsp3) is 0.444. The smallest absolute Gasteiger partial charge is 0.00484 e. The Kier molecular flexibility index (Phi) is 13.5. The van der Waals surface area contributed by atoms with Gasteiger partial charge in [0, 0.05) is 5.92 Å². The summed E-state index contributed by atoms with van der Waals surface area (Å²) < 4.78 is 0. The summed E-state index contributed by atoms with van der Waals surface area (Å²) in [7, 11) is 0. The summed E-state index contributed by atoms with van der Waals surface area (Å²) in [5.41, 5.74) is 13.5. The fourth-order valence-corrected chi connectivity index (χ4v) is 5.37. The van der Waals surface area contributed by atoms with E-state index in [1.165, 1.54) is 66.4 Å². The van der Waals surface area contributed by atoms with Crippen LogP contribution in [0.5, 0.6) is 0 Å². The van der Waals surface area contributed by atoms with Gasteiger partial charge in [-0.3, -0.25) is 0 Å². The lowest BCUT2D eigenvalue weighted by molar-refractivity contribution is 0.567. The van der Waals surface area contributed by atoms with E-state index in [0.29, 0.717) is 5.92 Å². The van der Waals surface area contributed by atoms with E-state index in [9.17, 15) is 0 Å². The van der Waals surface area contributed by atoms with E-state index in [-0.39, 0.29) is 14.9 Å². The van der Waals surface area contributed by atoms with Gasteiger partial charge in [-0.15, -0.1) is 0 Å². The molecule has 36 heavy (non-hydrogen) atoms. The van der Waals surface area contributed by atoms with Gasteiger partial charge in [-0.25, -0.2) is 0 Å². The lowest BCUT2D eigenvalue weighted by Crippen LogP contribution is -2.11. The first-order valence-corrected chi connectivity index (χ1v) is 13.3. The van der Waals surface area contributed by atoms with Crippen molar-refractivity contribution in [3.8, 4) is 0 Å². The molecule has 5 rings (SSSR count). The van der Waals surface area contributed by atoms with Crippen LogP contribution >= 0.6 is 0 Å². The Morgan fingerprint density at radius 2 is 1.42 bits per heavy atom. The quantitative estimate of drug-likeness (QED) is 0.380. The van der Waals surface area contributed by atoms with E-state index in [2.05, 4.69) is 102 Å². The standard InChI is InChI=1S/C16H20.2C9H12.2CH4/c1-11(2)14-9-5-7-13-10-12-6-3-4-8-15(12)16(13)14;2*1-3-9-6-4-5-8(2)7-9;;/h6,8,14H,1,3-5,7,9-10H2,2H3;2*4-7H,3H2,1-2H3;2*1H4. The van der Waals surface area contributed by atoms with E-state index >= 15 is 0 Å². The maximum atomic E-state index is 4.20. The normalized spacial score (nSPS) is 17.3. The molecule has 0 nitrogen and oxygen atoms in total. The van der Waals surface area contributed by atoms with Gasteiger partial charge in [0.1, 0.15) is 0 Å². The third kappa shape index (κ3) is 8.51. The van der Waals surface area contributed by atoms with E-state index in [4.69, 9.17) is 0 Å². The molecule has 0 saturated heterocycles. The van der Waals surface area contributed by atoms with Crippen LogP contribution < -0.4 is 0 Å². The molecular weight excluding hydrogens is 432 g/mol. The Morgan fingerprint density at radius 3 is 1.89 bits per heavy atom. The molecule has 1 atom stereocenters. The second-order valence-corrected chi connectivity index (χ2v) is 10.1. The SMILES string of the molecule is C.C.C=C(C)C1CCCC2=C1C1=CCCC=C1C2.CCc1cccc(C)c1.CCc1cccc(C)c1. The van der Waals surface area contributed by atoms with Crippen LogP contribution in [0.4, 0.5) is 0 Å². The second-order valence-electron chi connectivity index (χ2n) is 10.1. The summed E-state index contributed by atoms with van der Waals surface area (Å²) in [4.78, 5) is 0. The second kappa shape index (κ2) is 15.5. The monoisotopic (exact) mass is 484 g/mol. The van der Waals surface area contributed by atoms with Crippen LogP contribution in [0.15, 0.2) is 95.1 Å². The van der Waals surface area contributed by atoms with Crippen molar-refractivity contribution in [2.45, 2.75) is 101 Å². The number of hydrogen-bond donors (Lipinski definition) is 0. The van der Waals surface area contributed by atoms with Crippen molar-refractivity contribution in [3.63, 3.8) is 0 Å². The first kappa shape index (κ1) is 31.4. The van der Waals surface area contributed by atoms with Crippen molar-refractivity contribution in [2.75, 3.05) is 0 Å². The fourth-order valence-electron chi connectivity index (χ4n) is 5.37. The molecule has 0 N–H and O–H groups in total. The summed E-state index contributed by atoms with van der Waals surface area (Å²) >= 11 is 0. The van der Waals surface area contributed by atoms with Gasteiger partial charge in [0.25, 0.3) is 0 Å². The van der Waals surface area contributed by atoms with Gasteiger partial charge in [-0.05, 0) is 100.0 Å². The van der Waals surface area contributed by atoms with Crippen LogP contribution in [0.2, 0.25) is 0 Å². The molecule has 3 aliphatic rings. The molecule has 1 unspecified atom stereocenters. The van der Waals surface area contributed by atoms with E-state index in [1.807, 2.05) is 0 Å². The van der Waals surface area contributed by atoms with Crippen molar-refractivity contribution >= 4 is 0 Å². The first-order chi connectivity index (χ1) is 16.4. The topological polar surface area (TPSA) is 0 Å². The Bertz CT molecular complexity index is 1030. The van der Waals surface area contributed by atoms with Gasteiger partial charge in [-0.1, -0.05) is 118 Å². The van der Waals surface area contributed by atoms with Gasteiger partial charge in [0.05, 0.1) is 0 Å². The molecule has 0 heteroatoms. The number of hydrogen-bond acceptors (Lipinski definition) is 0. The first-order valence-electron chi connectivity index (χ1n) is 13.3. The minimum atomic E-state index is 0. The van der Waals surface area contributed by atoms with Crippen molar-refractivity contribution in [1.29, 1.82) is 0 Å². The zero-order chi connectivity index (χ0) is 24.5. The highest BCUT2D eigenvalue weighted by molar-refractivity contribution is 5.60. The average molecular weight is 485 g/mol. The van der Waals surface area contributed by atoms with Crippen LogP contribution in [0.3, 0.4) is 0 Å². The van der Waals surface area contributed by atoms with Crippen molar-refractivity contribution in [1.82, 2.24) is 0 Å². The molecule has 0 bridgehead atoms. The van der Waals surface area contributed by atoms with Gasteiger partial charge >= 0.3 is 0 Å². The predicted molar refractivity (Wildman–Crippen MR) is 164 cm³/mol. The lowest BCUT2D eigenvalue weighted by atomic mass is 9.78. The number of aryl methyl sites for hydroxylation is 4. The molecule has 0 heterocycles. The number of fused-ring (bicyclic) bond motifs is 2. The highest BCUT2D eigenvalue weighted by Crippen LogP contribution is 2.49. The number of rotatable bonds is 3. The van der Waals surface area contributed by atoms with Crippen LogP contribution in [0.25, 0.3) is 0 Å². The minimum Gasteiger partial charge on any atom is -0.0995 e. The maximum Gasteiger partial charge on any atom is 0.00484 e. The van der Waals surface area contributed by atoms with Crippen LogP contribution in [0.1, 0.15) is 96.4 Å². The lowest BCUT2D eigenvalue weighted by Gasteiger charge is -2.26. The molecule has 2 aromatic carbocycles. The molecule has 0 saturated carbocycles. The molecule has 0 aromatic heterocycles. The maximum absolute atomic E-state index is 4.20. The molecule has 0 spiro atoms. The minimum absolute atomic E-state index is 0. The summed E-state index contributed by atoms with van der Waals surface area (Å²) in [6.45, 7) is 15.0. The summed E-state index contributed by atoms with van der Waals surface area (Å²) in [6.07, 6.45) is 14.9. The molecule has 196 valence electrons. The Balaban J connectivity index is 0.000000282. The summed E-state index contributed by atoms with van der Waals surface area (Å²) in [5, 5.41) is 0. The molecule has 0 amide bonds. The average Bonchev–Trinajstić information content (AvgIpc) is 3.23. The zero-order valence-corrected chi connectivity index (χ0v) is 22.2. The number of allylic oxidation sites excluding steroid dienone is 7. The third-order valence-corrected chi connectivity index (χ3v) is 7.22. The number of benzene rings is 2. The van der Waals surface area contributed by atoms with Crippen LogP contribution in [0, 0.1) is 19.8 Å². The van der Waals surface area contributed by atoms with E-state index in [1.54, 1.807) is 22.3 Å². The van der Waals surface area contributed by atoms with Gasteiger partial charge in [-0.2, -0.15) is 0 Å². The van der Waals surface area contributed by atoms with Crippen molar-refractivity contribution < 1.29 is 0 Å². The Morgan fingerprint density at radius 1 is 0.861 bits per heavy atom. The van der Waals surface area contributed by atoms with Crippen molar-refractivity contribution in [3.05, 3.63) is 117 Å². The highest BCUT2D eigenvalue weighted by Gasteiger charge is 2.32. The zero-order valence-electron chi connectivity index (χ0n) is 22.2. The van der Waals surface area contributed by atoms with Gasteiger partial charge < -0.3 is 0 Å². The Hall–Kier alpha value is -2.60. The van der Waals surface area contributed by atoms with Crippen molar-refractivity contribution in [2.24, 2.45) is 5.92 Å². The summed E-state index contributed by atoms with van der Waals surface area (Å²) in [5.74, 6) is 0.652. The predicted octanol–water partition coefficient (Wildman–Crippen LogP) is 11.1. The largest absolute Gasteiger partial charge is 0.0995 e. The van der Waals surface area contributed by atoms with Gasteiger partial charge in [0.2, 0.25) is 0 Å². The third-order valence-electron chi connectivity index (χ3n) is 7.22. The molecule has 0 fully saturated rings. The Labute approximate surface area is 223 Å². The molecule has 2 aromatic rings. The highest BCUT2D eigenvalue weighted by atomic mass is 14.4. The summed E-state index contributed by atoms with van der Waals surface area (Å²) in [6, 6.07) is 17.2. The molecule has 0 aliphatic heterocycles. The van der Waals surface area contributed by atoms with E-state index in [0.717, 1.165) is 12.8 Å².